The molecule has 1 aliphatic heterocycles. The molecule has 0 spiro atoms. The van der Waals surface area contributed by atoms with Crippen LogP contribution in [0.1, 0.15) is 17.0 Å². The third kappa shape index (κ3) is 5.02. The third-order valence-corrected chi connectivity index (χ3v) is 5.95. The lowest BCUT2D eigenvalue weighted by molar-refractivity contribution is -0.139. The first-order chi connectivity index (χ1) is 18.0. The Hall–Kier alpha value is -5.03. The van der Waals surface area contributed by atoms with E-state index in [0.717, 1.165) is 5.56 Å². The van der Waals surface area contributed by atoms with Crippen molar-refractivity contribution < 1.29 is 23.8 Å². The fourth-order valence-electron chi connectivity index (χ4n) is 4.21. The van der Waals surface area contributed by atoms with E-state index >= 15 is 0 Å². The van der Waals surface area contributed by atoms with Gasteiger partial charge in [0.1, 0.15) is 23.9 Å². The molecule has 1 aliphatic rings. The molecular weight excluding hydrogens is 470 g/mol. The molecule has 1 atom stereocenters. The van der Waals surface area contributed by atoms with E-state index < -0.39 is 17.9 Å². The highest BCUT2D eigenvalue weighted by Crippen LogP contribution is 2.43. The van der Waals surface area contributed by atoms with Gasteiger partial charge in [-0.15, -0.1) is 0 Å². The third-order valence-electron chi connectivity index (χ3n) is 5.95. The Bertz CT molecular complexity index is 1390. The van der Waals surface area contributed by atoms with Crippen LogP contribution in [0.5, 0.6) is 5.75 Å². The maximum Gasteiger partial charge on any atom is 0.355 e. The molecule has 0 amide bonds. The Labute approximate surface area is 214 Å². The number of allylic oxidation sites excluding steroid dienone is 1. The fraction of sp³-hybridized carbons (Fsp3) is 0.138. The number of hydrogen-bond donors (Lipinski definition) is 1. The van der Waals surface area contributed by atoms with Gasteiger partial charge < -0.3 is 19.9 Å². The first-order valence-electron chi connectivity index (χ1n) is 11.4. The van der Waals surface area contributed by atoms with Gasteiger partial charge in [-0.3, -0.25) is 4.90 Å². The summed E-state index contributed by atoms with van der Waals surface area (Å²) in [5, 5.41) is 10.1. The molecule has 4 rings (SSSR count). The van der Waals surface area contributed by atoms with Crippen molar-refractivity contribution >= 4 is 17.6 Å². The first-order valence-corrected chi connectivity index (χ1v) is 11.4. The maximum absolute atomic E-state index is 13.1. The van der Waals surface area contributed by atoms with E-state index in [1.807, 2.05) is 36.4 Å². The Morgan fingerprint density at radius 1 is 0.892 bits per heavy atom. The standard InChI is InChI=1S/C29H25N3O5/c1-35-28(33)25-24(20-11-7-4-8-12-20)23(17-30)27(31)32(26(25)29(34)36-2)21-13-15-22(16-14-21)37-18-19-9-5-3-6-10-19/h3-16,24H,18,31H2,1-2H3. The van der Waals surface area contributed by atoms with E-state index in [2.05, 4.69) is 6.07 Å². The first kappa shape index (κ1) is 25.1. The summed E-state index contributed by atoms with van der Waals surface area (Å²) in [6.07, 6.45) is 0. The number of nitrogens with two attached hydrogens (primary N) is 1. The second-order valence-corrected chi connectivity index (χ2v) is 8.10. The van der Waals surface area contributed by atoms with Crippen molar-refractivity contribution in [1.29, 1.82) is 5.26 Å². The maximum atomic E-state index is 13.1. The predicted molar refractivity (Wildman–Crippen MR) is 137 cm³/mol. The number of hydrogen-bond acceptors (Lipinski definition) is 8. The van der Waals surface area contributed by atoms with E-state index in [0.29, 0.717) is 23.6 Å². The van der Waals surface area contributed by atoms with Crippen LogP contribution < -0.4 is 15.4 Å². The highest BCUT2D eigenvalue weighted by molar-refractivity contribution is 6.06. The molecule has 3 aromatic carbocycles. The zero-order valence-electron chi connectivity index (χ0n) is 20.4. The second-order valence-electron chi connectivity index (χ2n) is 8.10. The van der Waals surface area contributed by atoms with Crippen LogP contribution >= 0.6 is 0 Å². The summed E-state index contributed by atoms with van der Waals surface area (Å²) in [4.78, 5) is 27.5. The molecule has 1 unspecified atom stereocenters. The highest BCUT2D eigenvalue weighted by atomic mass is 16.5. The Morgan fingerprint density at radius 2 is 1.49 bits per heavy atom. The number of nitriles is 1. The smallest absolute Gasteiger partial charge is 0.355 e. The van der Waals surface area contributed by atoms with Crippen LogP contribution in [0.3, 0.4) is 0 Å². The lowest BCUT2D eigenvalue weighted by atomic mass is 9.81. The van der Waals surface area contributed by atoms with Gasteiger partial charge in [0.05, 0.1) is 37.4 Å². The van der Waals surface area contributed by atoms with Crippen LogP contribution in [0, 0.1) is 11.3 Å². The minimum absolute atomic E-state index is 0.00219. The normalized spacial score (nSPS) is 15.2. The number of rotatable bonds is 7. The zero-order chi connectivity index (χ0) is 26.4. The summed E-state index contributed by atoms with van der Waals surface area (Å²) in [7, 11) is 2.42. The van der Waals surface area contributed by atoms with Gasteiger partial charge in [-0.2, -0.15) is 5.26 Å². The number of methoxy groups -OCH3 is 2. The monoisotopic (exact) mass is 495 g/mol. The number of nitrogens with zero attached hydrogens (tertiary/aromatic N) is 2. The average molecular weight is 496 g/mol. The highest BCUT2D eigenvalue weighted by Gasteiger charge is 2.42. The molecule has 2 N–H and O–H groups in total. The van der Waals surface area contributed by atoms with Crippen LogP contribution in [-0.2, 0) is 25.7 Å². The molecule has 0 bridgehead atoms. The molecule has 37 heavy (non-hydrogen) atoms. The quantitative estimate of drug-likeness (QED) is 0.486. The fourth-order valence-corrected chi connectivity index (χ4v) is 4.21. The Balaban J connectivity index is 1.81. The molecule has 8 heteroatoms. The topological polar surface area (TPSA) is 115 Å². The summed E-state index contributed by atoms with van der Waals surface area (Å²) >= 11 is 0. The Morgan fingerprint density at radius 3 is 2.05 bits per heavy atom. The predicted octanol–water partition coefficient (Wildman–Crippen LogP) is 4.16. The summed E-state index contributed by atoms with van der Waals surface area (Å²) in [6.45, 7) is 0.378. The van der Waals surface area contributed by atoms with Crippen molar-refractivity contribution in [2.45, 2.75) is 12.5 Å². The zero-order valence-corrected chi connectivity index (χ0v) is 20.4. The van der Waals surface area contributed by atoms with Crippen LogP contribution in [0.15, 0.2) is 108 Å². The Kier molecular flexibility index (Phi) is 7.55. The number of benzene rings is 3. The minimum atomic E-state index is -0.919. The molecule has 0 radical (unpaired) electrons. The van der Waals surface area contributed by atoms with Gasteiger partial charge in [-0.05, 0) is 35.4 Å². The van der Waals surface area contributed by atoms with Crippen molar-refractivity contribution in [3.63, 3.8) is 0 Å². The van der Waals surface area contributed by atoms with Crippen LogP contribution in [0.25, 0.3) is 0 Å². The number of esters is 2. The van der Waals surface area contributed by atoms with Crippen molar-refractivity contribution in [3.05, 3.63) is 119 Å². The summed E-state index contributed by atoms with van der Waals surface area (Å²) in [5.41, 5.74) is 8.49. The largest absolute Gasteiger partial charge is 0.489 e. The number of carbonyl (C=O) groups is 2. The van der Waals surface area contributed by atoms with Crippen molar-refractivity contribution in [3.8, 4) is 11.8 Å². The molecule has 1 heterocycles. The molecule has 0 saturated heterocycles. The number of anilines is 1. The molecular formula is C29H25N3O5. The van der Waals surface area contributed by atoms with Crippen LogP contribution in [0.4, 0.5) is 5.69 Å². The van der Waals surface area contributed by atoms with Gasteiger partial charge in [-0.25, -0.2) is 9.59 Å². The summed E-state index contributed by atoms with van der Waals surface area (Å²) < 4.78 is 16.0. The summed E-state index contributed by atoms with van der Waals surface area (Å²) in [6, 6.07) is 27.5. The van der Waals surface area contributed by atoms with Crippen LogP contribution in [-0.4, -0.2) is 26.2 Å². The second kappa shape index (κ2) is 11.1. The van der Waals surface area contributed by atoms with Gasteiger partial charge in [0.2, 0.25) is 0 Å². The number of carbonyl (C=O) groups excluding carboxylic acids is 2. The van der Waals surface area contributed by atoms with Gasteiger partial charge in [-0.1, -0.05) is 60.7 Å². The lowest BCUT2D eigenvalue weighted by Gasteiger charge is -2.35. The molecule has 0 aliphatic carbocycles. The van der Waals surface area contributed by atoms with E-state index in [-0.39, 0.29) is 22.7 Å². The minimum Gasteiger partial charge on any atom is -0.489 e. The molecule has 0 saturated carbocycles. The van der Waals surface area contributed by atoms with Gasteiger partial charge >= 0.3 is 11.9 Å². The van der Waals surface area contributed by atoms with Gasteiger partial charge in [0, 0.05) is 5.69 Å². The molecule has 8 nitrogen and oxygen atoms in total. The van der Waals surface area contributed by atoms with E-state index in [9.17, 15) is 14.9 Å². The van der Waals surface area contributed by atoms with Gasteiger partial charge in [0.25, 0.3) is 0 Å². The number of ether oxygens (including phenoxy) is 3. The average Bonchev–Trinajstić information content (AvgIpc) is 2.95. The van der Waals surface area contributed by atoms with Crippen LogP contribution in [0.2, 0.25) is 0 Å². The van der Waals surface area contributed by atoms with Crippen molar-refractivity contribution in [1.82, 2.24) is 0 Å². The van der Waals surface area contributed by atoms with Crippen molar-refractivity contribution in [2.24, 2.45) is 5.73 Å². The van der Waals surface area contributed by atoms with Crippen molar-refractivity contribution in [2.75, 3.05) is 19.1 Å². The molecule has 0 fully saturated rings. The summed E-state index contributed by atoms with van der Waals surface area (Å²) in [5.74, 6) is -1.90. The van der Waals surface area contributed by atoms with Gasteiger partial charge in [0.15, 0.2) is 0 Å². The molecule has 0 aromatic heterocycles. The molecule has 186 valence electrons. The van der Waals surface area contributed by atoms with E-state index in [1.165, 1.54) is 19.1 Å². The SMILES string of the molecule is COC(=O)C1=C(C(=O)OC)N(c2ccc(OCc3ccccc3)cc2)C(N)=C(C#N)C1c1ccccc1. The van der Waals surface area contributed by atoms with E-state index in [1.54, 1.807) is 48.5 Å². The molecule has 3 aromatic rings. The van der Waals surface area contributed by atoms with E-state index in [4.69, 9.17) is 19.9 Å². The lowest BCUT2D eigenvalue weighted by Crippen LogP contribution is -2.40.